The summed E-state index contributed by atoms with van der Waals surface area (Å²) in [6.45, 7) is 7.63. The van der Waals surface area contributed by atoms with Gasteiger partial charge in [0.05, 0.1) is 52.4 Å². The molecule has 0 radical (unpaired) electrons. The van der Waals surface area contributed by atoms with E-state index in [9.17, 15) is 15.2 Å². The summed E-state index contributed by atoms with van der Waals surface area (Å²) < 4.78 is 59.2. The Kier molecular flexibility index (Phi) is 9.49. The van der Waals surface area contributed by atoms with Crippen LogP contribution in [0.25, 0.3) is 10.9 Å². The lowest BCUT2D eigenvalue weighted by molar-refractivity contribution is -0.129. The number of anilines is 1. The normalized spacial score (nSPS) is 29.8. The Bertz CT molecular complexity index is 2080. The van der Waals surface area contributed by atoms with Gasteiger partial charge in [0.15, 0.2) is 5.82 Å². The molecule has 0 saturated carbocycles. The van der Waals surface area contributed by atoms with E-state index >= 15 is 13.2 Å². The molecule has 282 valence electrons. The molecule has 1 unspecified atom stereocenters. The monoisotopic (exact) mass is 741 g/mol. The molecule has 2 bridgehead atoms. The van der Waals surface area contributed by atoms with Gasteiger partial charge in [-0.2, -0.15) is 15.2 Å². The lowest BCUT2D eigenvalue weighted by Crippen LogP contribution is -2.56. The van der Waals surface area contributed by atoms with E-state index in [1.807, 2.05) is 11.8 Å². The number of fused-ring (bicyclic) bond motifs is 4. The number of carbonyl (C=O) groups is 1. The zero-order valence-corrected chi connectivity index (χ0v) is 30.1. The third kappa shape index (κ3) is 6.14. The highest BCUT2D eigenvalue weighted by atomic mass is 19.1. The van der Waals surface area contributed by atoms with E-state index in [-0.39, 0.29) is 85.1 Å². The molecule has 7 atom stereocenters. The number of likely N-dealkylation sites (tertiary alicyclic amines) is 1. The first-order valence-corrected chi connectivity index (χ1v) is 18.6. The van der Waals surface area contributed by atoms with Crippen molar-refractivity contribution >= 4 is 22.6 Å². The molecule has 11 nitrogen and oxygen atoms in total. The third-order valence-corrected chi connectivity index (χ3v) is 12.1. The summed E-state index contributed by atoms with van der Waals surface area (Å²) in [6, 6.07) is 4.36. The first-order chi connectivity index (χ1) is 26.0. The minimum atomic E-state index is -1.05. The third-order valence-electron chi connectivity index (χ3n) is 12.1. The maximum atomic E-state index is 17.2. The number of piperazine rings is 1. The second kappa shape index (κ2) is 14.1. The van der Waals surface area contributed by atoms with E-state index in [1.165, 1.54) is 18.3 Å². The number of hydrogen-bond donors (Lipinski definition) is 1. The molecular weight excluding hydrogens is 699 g/mol. The molecule has 8 rings (SSSR count). The van der Waals surface area contributed by atoms with Gasteiger partial charge < -0.3 is 24.4 Å². The van der Waals surface area contributed by atoms with Crippen molar-refractivity contribution in [2.24, 2.45) is 5.92 Å². The molecule has 1 aromatic carbocycles. The van der Waals surface area contributed by atoms with Crippen LogP contribution in [0.5, 0.6) is 6.01 Å². The first-order valence-electron chi connectivity index (χ1n) is 18.6. The largest absolute Gasteiger partial charge is 0.461 e. The van der Waals surface area contributed by atoms with E-state index in [0.29, 0.717) is 43.1 Å². The van der Waals surface area contributed by atoms with Gasteiger partial charge in [0.1, 0.15) is 29.9 Å². The number of hydrogen-bond acceptors (Lipinski definition) is 10. The molecule has 14 heteroatoms. The van der Waals surface area contributed by atoms with Crippen molar-refractivity contribution < 1.29 is 32.5 Å². The fourth-order valence-electron chi connectivity index (χ4n) is 9.68. The zero-order chi connectivity index (χ0) is 37.9. The molecule has 5 aliphatic rings. The average molecular weight is 742 g/mol. The number of pyridine rings is 1. The van der Waals surface area contributed by atoms with Crippen LogP contribution in [0.15, 0.2) is 31.0 Å². The Balaban J connectivity index is 1.22. The standard InChI is InChI=1S/C40H42F3N7O4/c1-4-28-31(42)7-6-22-13-27(51)14-29(34(22)28)36-35(43)37-30(17-45-36)38(48-19-26-12-23(16-44)32(20-48)50(26)33(52)5-2)47-39(46-37)54-21-40(3)15-24(41)18-49(40)25-8-10-53-11-9-25/h1,5-7,17,23-27,29,32,51H,2,8-15,18-21H2,3H3/t23?,24-,26-,27+,29+,32-,40+/m1/s1. The maximum Gasteiger partial charge on any atom is 0.319 e. The quantitative estimate of drug-likeness (QED) is 0.278. The Morgan fingerprint density at radius 1 is 1.20 bits per heavy atom. The van der Waals surface area contributed by atoms with Crippen molar-refractivity contribution in [3.05, 3.63) is 65.0 Å². The summed E-state index contributed by atoms with van der Waals surface area (Å²) in [5, 5.41) is 21.1. The van der Waals surface area contributed by atoms with Crippen LogP contribution in [0.3, 0.4) is 0 Å². The number of alkyl halides is 1. The van der Waals surface area contributed by atoms with Gasteiger partial charge in [0, 0.05) is 57.4 Å². The average Bonchev–Trinajstić information content (AvgIpc) is 3.60. The van der Waals surface area contributed by atoms with Crippen LogP contribution in [0, 0.1) is 41.2 Å². The molecule has 54 heavy (non-hydrogen) atoms. The second-order valence-electron chi connectivity index (χ2n) is 15.5. The van der Waals surface area contributed by atoms with Crippen molar-refractivity contribution in [3.63, 3.8) is 0 Å². The van der Waals surface area contributed by atoms with Crippen LogP contribution in [0.4, 0.5) is 19.0 Å². The summed E-state index contributed by atoms with van der Waals surface area (Å²) in [6.07, 6.45) is 9.11. The van der Waals surface area contributed by atoms with Gasteiger partial charge in [-0.1, -0.05) is 18.6 Å². The lowest BCUT2D eigenvalue weighted by atomic mass is 9.77. The van der Waals surface area contributed by atoms with Crippen LogP contribution >= 0.6 is 0 Å². The van der Waals surface area contributed by atoms with Crippen LogP contribution in [0.2, 0.25) is 0 Å². The lowest BCUT2D eigenvalue weighted by Gasteiger charge is -2.42. The van der Waals surface area contributed by atoms with E-state index in [1.54, 1.807) is 11.0 Å². The SMILES string of the molecule is C#Cc1c(F)ccc2c1[C@@H](c1ncc3c(N4C[C@H]5CC(C#N)[C@@H](C4)N5C(=O)C=C)nc(OC[C@]4(C)C[C@@H](F)CN4C4CCOCC4)nc3c1F)C[C@@H](O)C2. The smallest absolute Gasteiger partial charge is 0.319 e. The number of carbonyl (C=O) groups excluding carboxylic acids is 1. The number of nitrogens with zero attached hydrogens (tertiary/aromatic N) is 7. The number of amides is 1. The van der Waals surface area contributed by atoms with E-state index in [2.05, 4.69) is 33.4 Å². The van der Waals surface area contributed by atoms with Crippen LogP contribution < -0.4 is 9.64 Å². The second-order valence-corrected chi connectivity index (χ2v) is 15.5. The van der Waals surface area contributed by atoms with Gasteiger partial charge >= 0.3 is 6.01 Å². The topological polar surface area (TPSA) is 128 Å². The summed E-state index contributed by atoms with van der Waals surface area (Å²) in [5.41, 5.74) is 0.161. The predicted octanol–water partition coefficient (Wildman–Crippen LogP) is 4.20. The van der Waals surface area contributed by atoms with Crippen LogP contribution in [-0.2, 0) is 16.0 Å². The molecule has 0 spiro atoms. The molecular formula is C40H42F3N7O4. The summed E-state index contributed by atoms with van der Waals surface area (Å²) >= 11 is 0. The first kappa shape index (κ1) is 36.2. The Labute approximate surface area is 311 Å². The molecule has 4 aliphatic heterocycles. The number of halogens is 3. The number of ether oxygens (including phenoxy) is 2. The Hall–Kier alpha value is -4.76. The molecule has 3 aromatic rings. The number of aliphatic hydroxyl groups excluding tert-OH is 1. The highest BCUT2D eigenvalue weighted by Gasteiger charge is 2.49. The van der Waals surface area contributed by atoms with Crippen molar-refractivity contribution in [1.82, 2.24) is 24.8 Å². The number of aliphatic hydroxyl groups is 1. The maximum absolute atomic E-state index is 17.2. The van der Waals surface area contributed by atoms with Gasteiger partial charge in [0.2, 0.25) is 5.91 Å². The fourth-order valence-corrected chi connectivity index (χ4v) is 9.68. The van der Waals surface area contributed by atoms with E-state index in [4.69, 9.17) is 20.9 Å². The number of terminal acetylenes is 1. The van der Waals surface area contributed by atoms with Crippen molar-refractivity contribution in [2.45, 2.75) is 87.3 Å². The molecule has 2 aromatic heterocycles. The minimum absolute atomic E-state index is 0.00221. The minimum Gasteiger partial charge on any atom is -0.461 e. The summed E-state index contributed by atoms with van der Waals surface area (Å²) in [5.74, 6) is -0.247. The zero-order valence-electron chi connectivity index (χ0n) is 30.1. The number of nitriles is 1. The van der Waals surface area contributed by atoms with Gasteiger partial charge in [-0.15, -0.1) is 6.42 Å². The molecule has 6 heterocycles. The van der Waals surface area contributed by atoms with Crippen LogP contribution in [-0.4, -0.2) is 111 Å². The molecule has 4 fully saturated rings. The van der Waals surface area contributed by atoms with Gasteiger partial charge in [-0.25, -0.2) is 13.2 Å². The van der Waals surface area contributed by atoms with Gasteiger partial charge in [-0.05, 0) is 62.3 Å². The van der Waals surface area contributed by atoms with E-state index < -0.39 is 47.3 Å². The Morgan fingerprint density at radius 3 is 2.74 bits per heavy atom. The number of benzene rings is 1. The number of aromatic nitrogens is 3. The number of rotatable bonds is 7. The molecule has 4 saturated heterocycles. The molecule has 1 aliphatic carbocycles. The highest BCUT2D eigenvalue weighted by Crippen LogP contribution is 2.43. The summed E-state index contributed by atoms with van der Waals surface area (Å²) in [7, 11) is 0. The van der Waals surface area contributed by atoms with Crippen molar-refractivity contribution in [2.75, 3.05) is 44.4 Å². The van der Waals surface area contributed by atoms with Crippen LogP contribution in [0.1, 0.15) is 67.3 Å². The fraction of sp³-hybridized carbons (Fsp3) is 0.525. The molecule has 1 N–H and O–H groups in total. The van der Waals surface area contributed by atoms with Gasteiger partial charge in [-0.3, -0.25) is 14.7 Å². The predicted molar refractivity (Wildman–Crippen MR) is 192 cm³/mol. The van der Waals surface area contributed by atoms with E-state index in [0.717, 1.165) is 12.8 Å². The summed E-state index contributed by atoms with van der Waals surface area (Å²) in [4.78, 5) is 32.6. The van der Waals surface area contributed by atoms with Crippen molar-refractivity contribution in [1.29, 1.82) is 5.26 Å². The highest BCUT2D eigenvalue weighted by molar-refractivity contribution is 5.91. The molecule has 1 amide bonds. The Morgan fingerprint density at radius 2 is 2.00 bits per heavy atom. The van der Waals surface area contributed by atoms with Crippen molar-refractivity contribution in [3.8, 4) is 24.4 Å². The van der Waals surface area contributed by atoms with Gasteiger partial charge in [0.25, 0.3) is 0 Å².